The lowest BCUT2D eigenvalue weighted by Gasteiger charge is -2.33. The Balaban J connectivity index is 1.03. The van der Waals surface area contributed by atoms with E-state index in [-0.39, 0.29) is 32.5 Å². The van der Waals surface area contributed by atoms with Crippen molar-refractivity contribution in [2.24, 2.45) is 5.41 Å². The lowest BCUT2D eigenvalue weighted by atomic mass is 9.69. The van der Waals surface area contributed by atoms with Crippen LogP contribution in [0.4, 0.5) is 0 Å². The van der Waals surface area contributed by atoms with Gasteiger partial charge >= 0.3 is 0 Å². The summed E-state index contributed by atoms with van der Waals surface area (Å²) < 4.78 is 0. The second-order valence-corrected chi connectivity index (χ2v) is 32.7. The normalized spacial score (nSPS) is 19.4. The topological polar surface area (TPSA) is 0 Å². The number of hydrogen-bond donors (Lipinski definition) is 0. The number of hydrogen-bond acceptors (Lipinski definition) is 0. The van der Waals surface area contributed by atoms with Gasteiger partial charge in [0.05, 0.1) is 0 Å². The van der Waals surface area contributed by atoms with Crippen molar-refractivity contribution in [1.82, 2.24) is 0 Å². The Morgan fingerprint density at radius 2 is 0.573 bits per heavy atom. The summed E-state index contributed by atoms with van der Waals surface area (Å²) in [5.74, 6) is 0. The van der Waals surface area contributed by atoms with Crippen LogP contribution in [0, 0.1) is 5.41 Å². The minimum atomic E-state index is -0.247. The third kappa shape index (κ3) is 7.63. The van der Waals surface area contributed by atoms with Crippen molar-refractivity contribution in [2.75, 3.05) is 0 Å². The van der Waals surface area contributed by atoms with E-state index in [2.05, 4.69) is 302 Å². The van der Waals surface area contributed by atoms with Gasteiger partial charge in [-0.1, -0.05) is 277 Å². The molecule has 0 radical (unpaired) electrons. The maximum absolute atomic E-state index is 2.76. The third-order valence-electron chi connectivity index (χ3n) is 25.7. The summed E-state index contributed by atoms with van der Waals surface area (Å²) in [4.78, 5) is 0. The van der Waals surface area contributed by atoms with Gasteiger partial charge < -0.3 is 0 Å². The molecule has 19 rings (SSSR count). The summed E-state index contributed by atoms with van der Waals surface area (Å²) in [6, 6.07) is 75.5. The monoisotopic (exact) mass is 1240 g/mol. The Hall–Kier alpha value is -9.36. The average molecular weight is 1240 g/mol. The van der Waals surface area contributed by atoms with Gasteiger partial charge in [-0.15, -0.1) is 0 Å². The maximum Gasteiger partial charge on any atom is 0.0159 e. The fraction of sp³-hybridized carbons (Fsp3) is 0.250. The van der Waals surface area contributed by atoms with E-state index in [1.807, 2.05) is 0 Å². The molecule has 10 aromatic rings. The minimum absolute atomic E-state index is 0.159. The van der Waals surface area contributed by atoms with Gasteiger partial charge in [-0.05, 0) is 264 Å². The second-order valence-electron chi connectivity index (χ2n) is 32.7. The van der Waals surface area contributed by atoms with Crippen LogP contribution in [0.25, 0.3) is 111 Å². The Morgan fingerprint density at radius 3 is 0.979 bits per heavy atom. The first-order valence-corrected chi connectivity index (χ1v) is 35.8. The molecule has 0 N–H and O–H groups in total. The molecule has 0 saturated carbocycles. The van der Waals surface area contributed by atoms with Crippen LogP contribution in [0.5, 0.6) is 0 Å². The summed E-state index contributed by atoms with van der Waals surface area (Å²) in [7, 11) is 0. The summed E-state index contributed by atoms with van der Waals surface area (Å²) >= 11 is 0. The lowest BCUT2D eigenvalue weighted by Crippen LogP contribution is -2.18. The molecule has 0 saturated heterocycles. The van der Waals surface area contributed by atoms with Crippen LogP contribution in [-0.4, -0.2) is 0 Å². The average Bonchev–Trinajstić information content (AvgIpc) is 1.15. The first kappa shape index (κ1) is 58.0. The van der Waals surface area contributed by atoms with Gasteiger partial charge in [-0.25, -0.2) is 0 Å². The number of fused-ring (bicyclic) bond motifs is 15. The maximum atomic E-state index is 2.76. The molecule has 0 nitrogen and oxygen atoms in total. The molecule has 0 bridgehead atoms. The Kier molecular flexibility index (Phi) is 11.9. The standard InChI is InChI=1S/C96H84/c1-91(2)73-31-19-13-25-61(73)67-43-37-55(49-79(67)91)85-86(56-38-44-68-62-26-14-20-32-74(62)92(3,4)80(68)50-56)88(58-40-46-70-64-28-16-22-34-76(64)94(7,8)82(70)52-58)90(60-42-48-72-66-30-18-24-36-78(66)96(11,12)84(72)54-60)89(59-41-47-71-65-29-17-23-35-77(65)95(9,10)83(71)53-59)87(85)57-39-45-69-63-27-15-21-33-75(63)93(5,6)81(69)51-57/h13-17,19-20,22-29,31-32,34-41,43-47,49-54H,18,21,30,33,42,48H2,1-12H3. The van der Waals surface area contributed by atoms with Crippen molar-refractivity contribution >= 4 is 11.1 Å². The predicted octanol–water partition coefficient (Wildman–Crippen LogP) is 25.8. The molecule has 0 spiro atoms. The van der Waals surface area contributed by atoms with Crippen LogP contribution >= 0.6 is 0 Å². The van der Waals surface area contributed by atoms with Crippen molar-refractivity contribution < 1.29 is 0 Å². The molecule has 0 fully saturated rings. The zero-order valence-electron chi connectivity index (χ0n) is 58.0. The molecule has 9 aliphatic rings. The summed E-state index contributed by atoms with van der Waals surface area (Å²) in [5.41, 5.74) is 48.3. The highest BCUT2D eigenvalue weighted by Gasteiger charge is 2.46. The molecule has 0 amide bonds. The zero-order valence-corrected chi connectivity index (χ0v) is 58.0. The molecule has 0 aromatic heterocycles. The zero-order chi connectivity index (χ0) is 65.5. The van der Waals surface area contributed by atoms with E-state index in [0.29, 0.717) is 0 Å². The van der Waals surface area contributed by atoms with Crippen molar-refractivity contribution in [3.63, 3.8) is 0 Å². The summed E-state index contributed by atoms with van der Waals surface area (Å²) in [5, 5.41) is 0. The molecule has 468 valence electrons. The molecule has 0 aliphatic heterocycles. The van der Waals surface area contributed by atoms with Crippen LogP contribution in [0.3, 0.4) is 0 Å². The van der Waals surface area contributed by atoms with Gasteiger partial charge in [-0.2, -0.15) is 0 Å². The van der Waals surface area contributed by atoms with Crippen LogP contribution < -0.4 is 0 Å². The van der Waals surface area contributed by atoms with E-state index in [0.717, 1.165) is 38.5 Å². The van der Waals surface area contributed by atoms with Crippen LogP contribution in [0.2, 0.25) is 0 Å². The number of rotatable bonds is 6. The smallest absolute Gasteiger partial charge is 0.0159 e. The fourth-order valence-corrected chi connectivity index (χ4v) is 20.6. The van der Waals surface area contributed by atoms with Crippen molar-refractivity contribution in [3.05, 3.63) is 308 Å². The molecular weight excluding hydrogens is 1150 g/mol. The van der Waals surface area contributed by atoms with Crippen molar-refractivity contribution in [1.29, 1.82) is 0 Å². The lowest BCUT2D eigenvalue weighted by molar-refractivity contribution is 0.569. The highest BCUT2D eigenvalue weighted by molar-refractivity contribution is 6.15. The molecule has 9 aliphatic carbocycles. The van der Waals surface area contributed by atoms with Gasteiger partial charge in [0.25, 0.3) is 0 Å². The van der Waals surface area contributed by atoms with Gasteiger partial charge in [0, 0.05) is 32.5 Å². The first-order valence-electron chi connectivity index (χ1n) is 35.8. The molecular formula is C96H84. The van der Waals surface area contributed by atoms with Gasteiger partial charge in [0.1, 0.15) is 0 Å². The second kappa shape index (κ2) is 19.7. The van der Waals surface area contributed by atoms with E-state index >= 15 is 0 Å². The Morgan fingerprint density at radius 1 is 0.250 bits per heavy atom. The number of benzene rings is 10. The van der Waals surface area contributed by atoms with Gasteiger partial charge in [-0.3, -0.25) is 0 Å². The van der Waals surface area contributed by atoms with Crippen LogP contribution in [0.1, 0.15) is 183 Å². The third-order valence-corrected chi connectivity index (χ3v) is 25.7. The SMILES string of the molecule is CC1(C)C2=C(CCC=C2)C2=C1C=C(c1c(-c3ccc4c(c3)C(C)(C)c3ccccc3-4)c(-c3ccc4c(c3)C(C)(C)C3=C4C=CCC3)c(-c3ccc4c(c3)C(C)(C)c3ccccc3-4)c(-c3ccc4c(c3)C(C)(C)c3ccccc3-4)c1-c1ccc3c(c1)C(C)(C)c1ccccc1-3)CC2. The molecule has 0 unspecified atom stereocenters. The predicted molar refractivity (Wildman–Crippen MR) is 406 cm³/mol. The van der Waals surface area contributed by atoms with E-state index in [4.69, 9.17) is 0 Å². The van der Waals surface area contributed by atoms with Gasteiger partial charge in [0.15, 0.2) is 0 Å². The molecule has 0 heterocycles. The molecule has 10 aromatic carbocycles. The molecule has 96 heavy (non-hydrogen) atoms. The number of allylic oxidation sites excluding steroid dienone is 12. The van der Waals surface area contributed by atoms with Crippen LogP contribution in [0.15, 0.2) is 246 Å². The van der Waals surface area contributed by atoms with Crippen molar-refractivity contribution in [2.45, 2.75) is 149 Å². The molecule has 0 heteroatoms. The fourth-order valence-electron chi connectivity index (χ4n) is 20.6. The van der Waals surface area contributed by atoms with E-state index in [1.54, 1.807) is 16.7 Å². The van der Waals surface area contributed by atoms with E-state index in [1.165, 1.54) is 184 Å². The first-order chi connectivity index (χ1) is 46.2. The van der Waals surface area contributed by atoms with Crippen molar-refractivity contribution in [3.8, 4) is 100 Å². The van der Waals surface area contributed by atoms with E-state index < -0.39 is 0 Å². The Bertz CT molecular complexity index is 5430. The minimum Gasteiger partial charge on any atom is -0.0839 e. The molecule has 0 atom stereocenters. The van der Waals surface area contributed by atoms with E-state index in [9.17, 15) is 0 Å². The summed E-state index contributed by atoms with van der Waals surface area (Å²) in [6.45, 7) is 29.8. The van der Waals surface area contributed by atoms with Gasteiger partial charge in [0.2, 0.25) is 0 Å². The largest absolute Gasteiger partial charge is 0.0839 e. The Labute approximate surface area is 569 Å². The highest BCUT2D eigenvalue weighted by Crippen LogP contribution is 2.64. The quantitative estimate of drug-likeness (QED) is 0.156. The van der Waals surface area contributed by atoms with Crippen LogP contribution in [-0.2, 0) is 27.1 Å². The summed E-state index contributed by atoms with van der Waals surface area (Å²) in [6.07, 6.45) is 18.8. The highest BCUT2D eigenvalue weighted by atomic mass is 14.5.